The van der Waals surface area contributed by atoms with Crippen molar-refractivity contribution in [3.63, 3.8) is 0 Å². The molecule has 1 atom stereocenters. The largest absolute Gasteiger partial charge is 0.354 e. The van der Waals surface area contributed by atoms with Gasteiger partial charge in [0.2, 0.25) is 0 Å². The van der Waals surface area contributed by atoms with E-state index in [2.05, 4.69) is 67.6 Å². The fourth-order valence-electron chi connectivity index (χ4n) is 2.79. The van der Waals surface area contributed by atoms with Crippen LogP contribution in [0.25, 0.3) is 0 Å². The summed E-state index contributed by atoms with van der Waals surface area (Å²) in [5, 5.41) is 14.5. The molecule has 0 aromatic carbocycles. The highest BCUT2D eigenvalue weighted by Crippen LogP contribution is 2.23. The van der Waals surface area contributed by atoms with Crippen molar-refractivity contribution >= 4 is 41.3 Å². The van der Waals surface area contributed by atoms with Crippen molar-refractivity contribution in [3.05, 3.63) is 33.0 Å². The number of nitrogens with zero attached hydrogens (tertiary/aromatic N) is 4. The summed E-state index contributed by atoms with van der Waals surface area (Å²) in [6.07, 6.45) is 0.914. The number of aryl methyl sites for hydroxylation is 2. The number of aromatic nitrogens is 3. The van der Waals surface area contributed by atoms with Crippen LogP contribution in [0.4, 0.5) is 0 Å². The van der Waals surface area contributed by atoms with Crippen LogP contribution in [-0.4, -0.2) is 33.8 Å². The third-order valence-electron chi connectivity index (χ3n) is 4.50. The Bertz CT molecular complexity index is 772. The van der Waals surface area contributed by atoms with Crippen molar-refractivity contribution in [2.75, 3.05) is 7.05 Å². The summed E-state index contributed by atoms with van der Waals surface area (Å²) < 4.78 is 1.94. The molecule has 152 valence electrons. The molecule has 2 N–H and O–H groups in total. The summed E-state index contributed by atoms with van der Waals surface area (Å²) in [7, 11) is 3.79. The Balaban J connectivity index is 0.00000364. The average Bonchev–Trinajstić information content (AvgIpc) is 3.12. The predicted octanol–water partition coefficient (Wildman–Crippen LogP) is 3.71. The van der Waals surface area contributed by atoms with Crippen LogP contribution in [0.2, 0.25) is 0 Å². The lowest BCUT2D eigenvalue weighted by Gasteiger charge is -2.18. The summed E-state index contributed by atoms with van der Waals surface area (Å²) in [5.74, 6) is 0.796. The van der Waals surface area contributed by atoms with E-state index >= 15 is 0 Å². The zero-order valence-corrected chi connectivity index (χ0v) is 20.8. The first-order valence-electron chi connectivity index (χ1n) is 9.03. The van der Waals surface area contributed by atoms with E-state index in [9.17, 15) is 0 Å². The average molecular weight is 504 g/mol. The highest BCUT2D eigenvalue weighted by atomic mass is 127. The van der Waals surface area contributed by atoms with Crippen LogP contribution < -0.4 is 10.6 Å². The summed E-state index contributed by atoms with van der Waals surface area (Å²) >= 11 is 1.69. The van der Waals surface area contributed by atoms with E-state index in [0.717, 1.165) is 28.8 Å². The molecule has 27 heavy (non-hydrogen) atoms. The normalized spacial score (nSPS) is 13.3. The van der Waals surface area contributed by atoms with Crippen LogP contribution in [-0.2, 0) is 25.4 Å². The molecular formula is C19H33IN6S. The fourth-order valence-corrected chi connectivity index (χ4v) is 3.75. The van der Waals surface area contributed by atoms with E-state index in [1.54, 1.807) is 18.4 Å². The third-order valence-corrected chi connectivity index (χ3v) is 5.35. The van der Waals surface area contributed by atoms with Gasteiger partial charge in [0.05, 0.1) is 17.9 Å². The Labute approximate surface area is 184 Å². The zero-order valence-electron chi connectivity index (χ0n) is 17.7. The van der Waals surface area contributed by atoms with Gasteiger partial charge in [0.15, 0.2) is 5.96 Å². The van der Waals surface area contributed by atoms with Crippen molar-refractivity contribution < 1.29 is 0 Å². The Morgan fingerprint density at radius 2 is 2.00 bits per heavy atom. The van der Waals surface area contributed by atoms with Gasteiger partial charge >= 0.3 is 0 Å². The number of aliphatic imine (C=N–C) groups is 1. The van der Waals surface area contributed by atoms with Crippen molar-refractivity contribution in [1.82, 2.24) is 25.4 Å². The number of hydrogen-bond donors (Lipinski definition) is 2. The highest BCUT2D eigenvalue weighted by molar-refractivity contribution is 14.0. The number of nitrogens with one attached hydrogen (secondary N) is 2. The Hall–Kier alpha value is -1.16. The first kappa shape index (κ1) is 23.9. The molecule has 0 radical (unpaired) electrons. The molecule has 0 saturated heterocycles. The van der Waals surface area contributed by atoms with E-state index in [-0.39, 0.29) is 35.4 Å². The molecule has 2 heterocycles. The quantitative estimate of drug-likeness (QED) is 0.370. The molecule has 0 fully saturated rings. The molecule has 0 aliphatic rings. The smallest absolute Gasteiger partial charge is 0.191 e. The lowest BCUT2D eigenvalue weighted by atomic mass is 9.93. The second kappa shape index (κ2) is 9.86. The number of guanidine groups is 1. The van der Waals surface area contributed by atoms with E-state index in [1.165, 1.54) is 11.3 Å². The van der Waals surface area contributed by atoms with Gasteiger partial charge in [-0.1, -0.05) is 20.8 Å². The molecule has 1 unspecified atom stereocenters. The van der Waals surface area contributed by atoms with Gasteiger partial charge in [0.25, 0.3) is 0 Å². The summed E-state index contributed by atoms with van der Waals surface area (Å²) in [5.41, 5.74) is 4.84. The summed E-state index contributed by atoms with van der Waals surface area (Å²) in [4.78, 5) is 9.06. The van der Waals surface area contributed by atoms with Crippen LogP contribution in [0.5, 0.6) is 0 Å². The van der Waals surface area contributed by atoms with Gasteiger partial charge in [0.1, 0.15) is 5.01 Å². The van der Waals surface area contributed by atoms with Gasteiger partial charge < -0.3 is 10.6 Å². The van der Waals surface area contributed by atoms with E-state index < -0.39 is 0 Å². The van der Waals surface area contributed by atoms with Crippen LogP contribution in [0.1, 0.15) is 55.3 Å². The van der Waals surface area contributed by atoms with E-state index in [1.807, 2.05) is 11.7 Å². The molecule has 0 bridgehead atoms. The molecule has 2 aromatic rings. The molecule has 8 heteroatoms. The molecule has 2 rings (SSSR count). The minimum atomic E-state index is 0. The SMILES string of the molecule is CN=C(NCc1nc(C(C)(C)C)cs1)NC(C)Cc1c(C)nn(C)c1C.I. The molecule has 6 nitrogen and oxygen atoms in total. The Kier molecular flexibility index (Phi) is 8.72. The van der Waals surface area contributed by atoms with Gasteiger partial charge in [-0.05, 0) is 32.8 Å². The maximum absolute atomic E-state index is 4.72. The van der Waals surface area contributed by atoms with Gasteiger partial charge in [-0.25, -0.2) is 4.98 Å². The fraction of sp³-hybridized carbons (Fsp3) is 0.632. The Morgan fingerprint density at radius 1 is 1.33 bits per heavy atom. The van der Waals surface area contributed by atoms with Crippen LogP contribution in [0.3, 0.4) is 0 Å². The standard InChI is InChI=1S/C19H32N6S.HI/c1-12(9-15-13(2)24-25(8)14(15)3)22-18(20-7)21-10-17-23-16(11-26-17)19(4,5)6;/h11-12H,9-10H2,1-8H3,(H2,20,21,22);1H. The molecule has 0 saturated carbocycles. The monoisotopic (exact) mass is 504 g/mol. The number of rotatable bonds is 5. The van der Waals surface area contributed by atoms with Gasteiger partial charge in [-0.15, -0.1) is 35.3 Å². The summed E-state index contributed by atoms with van der Waals surface area (Å²) in [6.45, 7) is 13.6. The Morgan fingerprint density at radius 3 is 2.48 bits per heavy atom. The van der Waals surface area contributed by atoms with Crippen LogP contribution in [0.15, 0.2) is 10.4 Å². The van der Waals surface area contributed by atoms with Crippen molar-refractivity contribution in [2.45, 2.75) is 66.0 Å². The maximum Gasteiger partial charge on any atom is 0.191 e. The van der Waals surface area contributed by atoms with E-state index in [0.29, 0.717) is 6.54 Å². The van der Waals surface area contributed by atoms with E-state index in [4.69, 9.17) is 4.98 Å². The highest BCUT2D eigenvalue weighted by Gasteiger charge is 2.18. The van der Waals surface area contributed by atoms with Crippen LogP contribution in [0, 0.1) is 13.8 Å². The minimum absolute atomic E-state index is 0. The minimum Gasteiger partial charge on any atom is -0.354 e. The zero-order chi connectivity index (χ0) is 19.5. The molecule has 2 aromatic heterocycles. The van der Waals surface area contributed by atoms with Gasteiger partial charge in [-0.2, -0.15) is 5.10 Å². The van der Waals surface area contributed by atoms with Gasteiger partial charge in [-0.3, -0.25) is 9.67 Å². The molecule has 0 amide bonds. The van der Waals surface area contributed by atoms with Crippen molar-refractivity contribution in [3.8, 4) is 0 Å². The van der Waals surface area contributed by atoms with Gasteiger partial charge in [0, 0.05) is 36.6 Å². The van der Waals surface area contributed by atoms with Crippen molar-refractivity contribution in [2.24, 2.45) is 12.0 Å². The first-order valence-corrected chi connectivity index (χ1v) is 9.91. The van der Waals surface area contributed by atoms with Crippen LogP contribution >= 0.6 is 35.3 Å². The lowest BCUT2D eigenvalue weighted by Crippen LogP contribution is -2.42. The second-order valence-electron chi connectivity index (χ2n) is 7.82. The lowest BCUT2D eigenvalue weighted by molar-refractivity contribution is 0.570. The van der Waals surface area contributed by atoms with Crippen molar-refractivity contribution in [1.29, 1.82) is 0 Å². The molecule has 0 aliphatic heterocycles. The number of thiazole rings is 1. The third kappa shape index (κ3) is 6.44. The predicted molar refractivity (Wildman–Crippen MR) is 125 cm³/mol. The maximum atomic E-state index is 4.72. The number of hydrogen-bond acceptors (Lipinski definition) is 4. The molecular weight excluding hydrogens is 471 g/mol. The summed E-state index contributed by atoms with van der Waals surface area (Å²) in [6, 6.07) is 0.254. The number of halogens is 1. The first-order chi connectivity index (χ1) is 12.1. The molecule has 0 spiro atoms. The topological polar surface area (TPSA) is 67.1 Å². The second-order valence-corrected chi connectivity index (χ2v) is 8.77. The molecule has 0 aliphatic carbocycles.